The molecule has 0 saturated carbocycles. The van der Waals surface area contributed by atoms with Gasteiger partial charge in [0.25, 0.3) is 5.56 Å². The number of halogens is 1. The van der Waals surface area contributed by atoms with E-state index >= 15 is 0 Å². The Morgan fingerprint density at radius 3 is 2.67 bits per heavy atom. The first-order valence-electron chi connectivity index (χ1n) is 10.3. The van der Waals surface area contributed by atoms with Gasteiger partial charge in [-0.2, -0.15) is 0 Å². The number of aromatic nitrogens is 1. The number of carbonyl (C=O) groups excluding carboxylic acids is 1. The zero-order chi connectivity index (χ0) is 21.4. The molecule has 0 radical (unpaired) electrons. The molecule has 1 fully saturated rings. The quantitative estimate of drug-likeness (QED) is 0.254. The smallest absolute Gasteiger partial charge is 0.407 e. The fourth-order valence-corrected chi connectivity index (χ4v) is 3.38. The van der Waals surface area contributed by atoms with Crippen LogP contribution < -0.4 is 16.2 Å². The molecule has 0 aliphatic carbocycles. The summed E-state index contributed by atoms with van der Waals surface area (Å²) in [4.78, 5) is 30.4. The van der Waals surface area contributed by atoms with Crippen LogP contribution in [0.5, 0.6) is 0 Å². The lowest BCUT2D eigenvalue weighted by Gasteiger charge is -2.23. The van der Waals surface area contributed by atoms with Crippen molar-refractivity contribution < 1.29 is 9.53 Å². The molecule has 1 aromatic heterocycles. The van der Waals surface area contributed by atoms with E-state index in [1.54, 1.807) is 19.2 Å². The Morgan fingerprint density at radius 1 is 1.30 bits per heavy atom. The van der Waals surface area contributed by atoms with Crippen LogP contribution in [0.2, 0.25) is 0 Å². The van der Waals surface area contributed by atoms with E-state index in [4.69, 9.17) is 4.74 Å². The van der Waals surface area contributed by atoms with Crippen molar-refractivity contribution in [3.05, 3.63) is 34.2 Å². The zero-order valence-corrected chi connectivity index (χ0v) is 21.1. The lowest BCUT2D eigenvalue weighted by Crippen LogP contribution is -2.44. The van der Waals surface area contributed by atoms with E-state index in [0.717, 1.165) is 50.6 Å². The number of guanidine groups is 1. The van der Waals surface area contributed by atoms with Gasteiger partial charge in [-0.1, -0.05) is 6.07 Å². The molecule has 170 valence electrons. The average Bonchev–Trinajstić information content (AvgIpc) is 3.06. The number of unbranched alkanes of at least 4 members (excludes halogenated alkanes) is 1. The summed E-state index contributed by atoms with van der Waals surface area (Å²) in [6, 6.07) is 5.40. The third kappa shape index (κ3) is 8.53. The van der Waals surface area contributed by atoms with E-state index in [9.17, 15) is 9.59 Å². The number of ether oxygens (including phenoxy) is 1. The monoisotopic (exact) mass is 533 g/mol. The van der Waals surface area contributed by atoms with E-state index < -0.39 is 5.60 Å². The van der Waals surface area contributed by atoms with Crippen LogP contribution >= 0.6 is 24.0 Å². The molecule has 1 aliphatic heterocycles. The molecule has 1 unspecified atom stereocenters. The largest absolute Gasteiger partial charge is 0.444 e. The molecule has 2 N–H and O–H groups in total. The normalized spacial score (nSPS) is 16.8. The maximum absolute atomic E-state index is 11.9. The van der Waals surface area contributed by atoms with E-state index in [1.165, 1.54) is 0 Å². The highest BCUT2D eigenvalue weighted by Crippen LogP contribution is 2.12. The van der Waals surface area contributed by atoms with Gasteiger partial charge in [0.05, 0.1) is 6.04 Å². The number of likely N-dealkylation sites (tertiary alicyclic amines) is 1. The number of aryl methyl sites for hydroxylation is 1. The Kier molecular flexibility index (Phi) is 10.6. The van der Waals surface area contributed by atoms with Crippen LogP contribution in [0.25, 0.3) is 0 Å². The molecule has 1 aromatic rings. The summed E-state index contributed by atoms with van der Waals surface area (Å²) >= 11 is 0. The molecule has 0 spiro atoms. The molecule has 9 heteroatoms. The van der Waals surface area contributed by atoms with Gasteiger partial charge in [-0.25, -0.2) is 4.79 Å². The van der Waals surface area contributed by atoms with Crippen molar-refractivity contribution in [3.63, 3.8) is 0 Å². The van der Waals surface area contributed by atoms with Crippen molar-refractivity contribution in [1.82, 2.24) is 20.1 Å². The Morgan fingerprint density at radius 2 is 2.03 bits per heavy atom. The summed E-state index contributed by atoms with van der Waals surface area (Å²) in [6.45, 7) is 10.6. The third-order valence-electron chi connectivity index (χ3n) is 4.78. The van der Waals surface area contributed by atoms with Crippen molar-refractivity contribution in [3.8, 4) is 0 Å². The molecule has 0 bridgehead atoms. The number of carbonyl (C=O) groups is 1. The molecular formula is C21H36IN5O3. The first-order valence-corrected chi connectivity index (χ1v) is 10.3. The summed E-state index contributed by atoms with van der Waals surface area (Å²) in [6.07, 6.45) is 2.33. The summed E-state index contributed by atoms with van der Waals surface area (Å²) < 4.78 is 7.14. The zero-order valence-electron chi connectivity index (χ0n) is 18.7. The number of nitrogens with zero attached hydrogens (tertiary/aromatic N) is 3. The Hall–Kier alpha value is -1.78. The number of amides is 1. The first kappa shape index (κ1) is 26.3. The van der Waals surface area contributed by atoms with Crippen LogP contribution in [0, 0.1) is 6.92 Å². The van der Waals surface area contributed by atoms with Crippen LogP contribution in [0.3, 0.4) is 0 Å². The van der Waals surface area contributed by atoms with E-state index in [0.29, 0.717) is 6.54 Å². The van der Waals surface area contributed by atoms with Gasteiger partial charge >= 0.3 is 6.09 Å². The molecular weight excluding hydrogens is 497 g/mol. The van der Waals surface area contributed by atoms with Crippen LogP contribution in [-0.4, -0.2) is 59.8 Å². The number of hydrogen-bond donors (Lipinski definition) is 2. The predicted octanol–water partition coefficient (Wildman–Crippen LogP) is 2.73. The fourth-order valence-electron chi connectivity index (χ4n) is 3.38. The van der Waals surface area contributed by atoms with Gasteiger partial charge in [-0.05, 0) is 53.0 Å². The Labute approximate surface area is 196 Å². The second-order valence-corrected chi connectivity index (χ2v) is 8.42. The van der Waals surface area contributed by atoms with Crippen molar-refractivity contribution in [1.29, 1.82) is 0 Å². The van der Waals surface area contributed by atoms with Gasteiger partial charge in [0.15, 0.2) is 5.96 Å². The minimum absolute atomic E-state index is 0. The molecule has 30 heavy (non-hydrogen) atoms. The molecule has 1 amide bonds. The number of pyridine rings is 1. The second kappa shape index (κ2) is 12.2. The molecule has 2 rings (SSSR count). The number of rotatable bonds is 6. The SMILES string of the molecule is CN=C(NCCCCn1c(C)cccc1=O)N1CCC(NC(=O)OC(C)(C)C)C1.I. The summed E-state index contributed by atoms with van der Waals surface area (Å²) in [7, 11) is 1.77. The molecule has 1 aliphatic rings. The van der Waals surface area contributed by atoms with Gasteiger partial charge in [-0.15, -0.1) is 24.0 Å². The van der Waals surface area contributed by atoms with E-state index in [2.05, 4.69) is 20.5 Å². The molecule has 1 saturated heterocycles. The maximum atomic E-state index is 11.9. The number of nitrogens with one attached hydrogen (secondary N) is 2. The second-order valence-electron chi connectivity index (χ2n) is 8.42. The maximum Gasteiger partial charge on any atom is 0.407 e. The van der Waals surface area contributed by atoms with Crippen molar-refractivity contribution in [2.45, 2.75) is 65.1 Å². The fraction of sp³-hybridized carbons (Fsp3) is 0.667. The summed E-state index contributed by atoms with van der Waals surface area (Å²) in [5.74, 6) is 0.839. The Balaban J connectivity index is 0.00000450. The third-order valence-corrected chi connectivity index (χ3v) is 4.78. The predicted molar refractivity (Wildman–Crippen MR) is 131 cm³/mol. The van der Waals surface area contributed by atoms with Gasteiger partial charge < -0.3 is 24.8 Å². The van der Waals surface area contributed by atoms with E-state index in [-0.39, 0.29) is 41.7 Å². The van der Waals surface area contributed by atoms with Gasteiger partial charge in [0.2, 0.25) is 0 Å². The number of hydrogen-bond acceptors (Lipinski definition) is 4. The van der Waals surface area contributed by atoms with Crippen molar-refractivity contribution in [2.75, 3.05) is 26.7 Å². The lowest BCUT2D eigenvalue weighted by molar-refractivity contribution is 0.0507. The van der Waals surface area contributed by atoms with Gasteiger partial charge in [0.1, 0.15) is 5.60 Å². The molecule has 1 atom stereocenters. The Bertz CT molecular complexity index is 773. The van der Waals surface area contributed by atoms with Crippen molar-refractivity contribution in [2.24, 2.45) is 4.99 Å². The number of alkyl carbamates (subject to hydrolysis) is 1. The topological polar surface area (TPSA) is 88.0 Å². The van der Waals surface area contributed by atoms with Gasteiger partial charge in [0, 0.05) is 45.0 Å². The highest BCUT2D eigenvalue weighted by Gasteiger charge is 2.27. The minimum Gasteiger partial charge on any atom is -0.444 e. The van der Waals surface area contributed by atoms with Crippen LogP contribution in [-0.2, 0) is 11.3 Å². The van der Waals surface area contributed by atoms with Gasteiger partial charge in [-0.3, -0.25) is 9.79 Å². The summed E-state index contributed by atoms with van der Waals surface area (Å²) in [5, 5.41) is 6.32. The standard InChI is InChI=1S/C21H35N5O3.HI/c1-16-9-8-10-18(27)26(16)13-7-6-12-23-19(22-5)25-14-11-17(15-25)24-20(28)29-21(2,3)4;/h8-10,17H,6-7,11-15H2,1-5H3,(H,22,23)(H,24,28);1H. The molecule has 8 nitrogen and oxygen atoms in total. The van der Waals surface area contributed by atoms with Crippen molar-refractivity contribution >= 4 is 36.0 Å². The van der Waals surface area contributed by atoms with Crippen LogP contribution in [0.4, 0.5) is 4.79 Å². The minimum atomic E-state index is -0.497. The molecule has 2 heterocycles. The average molecular weight is 533 g/mol. The molecule has 0 aromatic carbocycles. The highest BCUT2D eigenvalue weighted by atomic mass is 127. The highest BCUT2D eigenvalue weighted by molar-refractivity contribution is 14.0. The number of aliphatic imine (C=N–C) groups is 1. The van der Waals surface area contributed by atoms with Crippen LogP contribution in [0.1, 0.15) is 45.7 Å². The first-order chi connectivity index (χ1) is 13.7. The summed E-state index contributed by atoms with van der Waals surface area (Å²) in [5.41, 5.74) is 0.542. The van der Waals surface area contributed by atoms with Crippen LogP contribution in [0.15, 0.2) is 28.0 Å². The lowest BCUT2D eigenvalue weighted by atomic mass is 10.2. The van der Waals surface area contributed by atoms with E-state index in [1.807, 2.05) is 38.3 Å².